The number of ether oxygens (including phenoxy) is 2. The summed E-state index contributed by atoms with van der Waals surface area (Å²) in [5, 5.41) is 3.03. The van der Waals surface area contributed by atoms with Gasteiger partial charge in [0.05, 0.1) is 26.5 Å². The van der Waals surface area contributed by atoms with Crippen LogP contribution in [-0.4, -0.2) is 43.4 Å². The van der Waals surface area contributed by atoms with Crippen molar-refractivity contribution in [3.8, 4) is 11.5 Å². The van der Waals surface area contributed by atoms with E-state index in [2.05, 4.69) is 5.32 Å². The Morgan fingerprint density at radius 2 is 1.75 bits per heavy atom. The van der Waals surface area contributed by atoms with E-state index < -0.39 is 4.87 Å². The van der Waals surface area contributed by atoms with Crippen LogP contribution in [0.15, 0.2) is 66.7 Å². The smallest absolute Gasteiger partial charge is 0.319 e. The van der Waals surface area contributed by atoms with Crippen LogP contribution in [0.1, 0.15) is 22.3 Å². The number of thioether (sulfide) groups is 1. The first-order chi connectivity index (χ1) is 17.5. The molecule has 3 aromatic rings. The molecule has 2 heterocycles. The number of amides is 3. The SMILES string of the molecule is COc1cccc(CN2C(=O)[C@@]3(SCCN3C(=O)NCc3cccc(C)c3)c3cc(OC)ccc32)c1. The topological polar surface area (TPSA) is 71.1 Å². The first kappa shape index (κ1) is 24.1. The molecule has 3 aromatic carbocycles. The van der Waals surface area contributed by atoms with Crippen LogP contribution < -0.4 is 19.7 Å². The third-order valence-corrected chi connectivity index (χ3v) is 8.07. The molecule has 5 rings (SSSR count). The van der Waals surface area contributed by atoms with E-state index in [0.717, 1.165) is 33.7 Å². The molecule has 2 aliphatic rings. The summed E-state index contributed by atoms with van der Waals surface area (Å²) < 4.78 is 10.9. The van der Waals surface area contributed by atoms with E-state index in [0.29, 0.717) is 31.1 Å². The van der Waals surface area contributed by atoms with Crippen molar-refractivity contribution in [3.05, 3.63) is 89.0 Å². The van der Waals surface area contributed by atoms with Crippen molar-refractivity contribution in [2.24, 2.45) is 0 Å². The maximum absolute atomic E-state index is 14.2. The lowest BCUT2D eigenvalue weighted by Gasteiger charge is -2.33. The Balaban J connectivity index is 1.48. The molecule has 3 amide bonds. The lowest BCUT2D eigenvalue weighted by Crippen LogP contribution is -2.53. The monoisotopic (exact) mass is 503 g/mol. The quantitative estimate of drug-likeness (QED) is 0.529. The average molecular weight is 504 g/mol. The predicted octanol–water partition coefficient (Wildman–Crippen LogP) is 4.67. The van der Waals surface area contributed by atoms with Crippen LogP contribution in [0, 0.1) is 6.92 Å². The highest BCUT2D eigenvalue weighted by Gasteiger charge is 2.59. The highest BCUT2D eigenvalue weighted by Crippen LogP contribution is 2.55. The number of benzene rings is 3. The van der Waals surface area contributed by atoms with Gasteiger partial charge in [0.15, 0.2) is 4.87 Å². The van der Waals surface area contributed by atoms with Crippen LogP contribution in [0.5, 0.6) is 11.5 Å². The van der Waals surface area contributed by atoms with Crippen molar-refractivity contribution in [1.29, 1.82) is 0 Å². The van der Waals surface area contributed by atoms with Gasteiger partial charge in [-0.25, -0.2) is 4.79 Å². The molecule has 1 saturated heterocycles. The van der Waals surface area contributed by atoms with Gasteiger partial charge >= 0.3 is 6.03 Å². The number of hydrogen-bond donors (Lipinski definition) is 1. The molecule has 8 heteroatoms. The van der Waals surface area contributed by atoms with Gasteiger partial charge in [0.2, 0.25) is 0 Å². The molecule has 2 aliphatic heterocycles. The van der Waals surface area contributed by atoms with E-state index in [1.54, 1.807) is 24.0 Å². The minimum Gasteiger partial charge on any atom is -0.497 e. The van der Waals surface area contributed by atoms with Gasteiger partial charge in [-0.15, -0.1) is 11.8 Å². The number of carbonyl (C=O) groups is 2. The lowest BCUT2D eigenvalue weighted by molar-refractivity contribution is -0.123. The van der Waals surface area contributed by atoms with Gasteiger partial charge < -0.3 is 19.7 Å². The zero-order valence-electron chi connectivity index (χ0n) is 20.6. The first-order valence-corrected chi connectivity index (χ1v) is 12.8. The molecule has 1 fully saturated rings. The Hall–Kier alpha value is -3.65. The van der Waals surface area contributed by atoms with Gasteiger partial charge in [0.1, 0.15) is 11.5 Å². The average Bonchev–Trinajstić information content (AvgIpc) is 3.44. The fourth-order valence-corrected chi connectivity index (χ4v) is 6.38. The molecule has 0 aromatic heterocycles. The third-order valence-electron chi connectivity index (χ3n) is 6.65. The van der Waals surface area contributed by atoms with Crippen molar-refractivity contribution < 1.29 is 19.1 Å². The summed E-state index contributed by atoms with van der Waals surface area (Å²) in [6.45, 7) is 3.26. The molecule has 0 unspecified atom stereocenters. The van der Waals surface area contributed by atoms with E-state index in [4.69, 9.17) is 9.47 Å². The summed E-state index contributed by atoms with van der Waals surface area (Å²) in [4.78, 5) is 30.0. The Morgan fingerprint density at radius 1 is 1.00 bits per heavy atom. The predicted molar refractivity (Wildman–Crippen MR) is 141 cm³/mol. The second-order valence-corrected chi connectivity index (χ2v) is 10.2. The second-order valence-electron chi connectivity index (χ2n) is 8.92. The molecule has 0 radical (unpaired) electrons. The summed E-state index contributed by atoms with van der Waals surface area (Å²) in [5.41, 5.74) is 4.66. The van der Waals surface area contributed by atoms with Gasteiger partial charge in [-0.3, -0.25) is 9.69 Å². The van der Waals surface area contributed by atoms with Gasteiger partial charge in [-0.05, 0) is 48.4 Å². The van der Waals surface area contributed by atoms with Crippen molar-refractivity contribution >= 4 is 29.4 Å². The largest absolute Gasteiger partial charge is 0.497 e. The fraction of sp³-hybridized carbons (Fsp3) is 0.286. The van der Waals surface area contributed by atoms with Crippen LogP contribution in [0.3, 0.4) is 0 Å². The molecule has 0 saturated carbocycles. The highest BCUT2D eigenvalue weighted by atomic mass is 32.2. The summed E-state index contributed by atoms with van der Waals surface area (Å²) in [5.74, 6) is 1.92. The van der Waals surface area contributed by atoms with E-state index in [9.17, 15) is 9.59 Å². The highest BCUT2D eigenvalue weighted by molar-refractivity contribution is 8.01. The first-order valence-electron chi connectivity index (χ1n) is 11.8. The van der Waals surface area contributed by atoms with Crippen LogP contribution in [0.2, 0.25) is 0 Å². The number of carbonyl (C=O) groups excluding carboxylic acids is 2. The van der Waals surface area contributed by atoms with E-state index in [-0.39, 0.29) is 11.9 Å². The van der Waals surface area contributed by atoms with Crippen molar-refractivity contribution in [1.82, 2.24) is 10.2 Å². The molecule has 0 aliphatic carbocycles. The Kier molecular flexibility index (Phi) is 6.53. The number of nitrogens with zero attached hydrogens (tertiary/aromatic N) is 2. The van der Waals surface area contributed by atoms with Crippen LogP contribution in [0.4, 0.5) is 10.5 Å². The maximum Gasteiger partial charge on any atom is 0.319 e. The van der Waals surface area contributed by atoms with Crippen LogP contribution in [-0.2, 0) is 22.8 Å². The molecule has 36 heavy (non-hydrogen) atoms. The number of methoxy groups -OCH3 is 2. The number of hydrogen-bond acceptors (Lipinski definition) is 5. The van der Waals surface area contributed by atoms with Crippen LogP contribution >= 0.6 is 11.8 Å². The molecular weight excluding hydrogens is 474 g/mol. The van der Waals surface area contributed by atoms with Crippen molar-refractivity contribution in [2.45, 2.75) is 24.9 Å². The van der Waals surface area contributed by atoms with Crippen molar-refractivity contribution in [3.63, 3.8) is 0 Å². The number of anilines is 1. The van der Waals surface area contributed by atoms with E-state index >= 15 is 0 Å². The zero-order valence-corrected chi connectivity index (χ0v) is 21.4. The van der Waals surface area contributed by atoms with E-state index in [1.165, 1.54) is 11.8 Å². The molecule has 1 spiro atoms. The number of urea groups is 1. The third kappa shape index (κ3) is 4.15. The Morgan fingerprint density at radius 3 is 2.53 bits per heavy atom. The standard InChI is InChI=1S/C28H29N3O4S/c1-19-6-4-7-20(14-19)17-29-27(33)31-12-13-36-28(31)24-16-23(35-3)10-11-25(24)30(26(28)32)18-21-8-5-9-22(15-21)34-2/h4-11,14-16H,12-13,17-18H2,1-3H3,(H,29,33)/t28-/m0/s1. The molecular formula is C28H29N3O4S. The summed E-state index contributed by atoms with van der Waals surface area (Å²) in [6.07, 6.45) is 0. The zero-order chi connectivity index (χ0) is 25.3. The molecule has 1 N–H and O–H groups in total. The number of nitrogens with one attached hydrogen (secondary N) is 1. The summed E-state index contributed by atoms with van der Waals surface area (Å²) >= 11 is 1.50. The van der Waals surface area contributed by atoms with Crippen molar-refractivity contribution in [2.75, 3.05) is 31.4 Å². The minimum absolute atomic E-state index is 0.123. The molecule has 0 bridgehead atoms. The van der Waals surface area contributed by atoms with E-state index in [1.807, 2.05) is 73.7 Å². The van der Waals surface area contributed by atoms with Gasteiger partial charge in [0.25, 0.3) is 5.91 Å². The Labute approximate surface area is 215 Å². The summed E-state index contributed by atoms with van der Waals surface area (Å²) in [6, 6.07) is 21.1. The second kappa shape index (κ2) is 9.78. The van der Waals surface area contributed by atoms with Gasteiger partial charge in [-0.2, -0.15) is 0 Å². The normalized spacial score (nSPS) is 18.5. The number of fused-ring (bicyclic) bond motifs is 2. The molecule has 7 nitrogen and oxygen atoms in total. The summed E-state index contributed by atoms with van der Waals surface area (Å²) in [7, 11) is 3.23. The molecule has 1 atom stereocenters. The van der Waals surface area contributed by atoms with Gasteiger partial charge in [-0.1, -0.05) is 42.0 Å². The maximum atomic E-state index is 14.2. The number of rotatable bonds is 6. The Bertz CT molecular complexity index is 1310. The van der Waals surface area contributed by atoms with Gasteiger partial charge in [0, 0.05) is 24.4 Å². The van der Waals surface area contributed by atoms with Crippen LogP contribution in [0.25, 0.3) is 0 Å². The number of aryl methyl sites for hydroxylation is 1. The fourth-order valence-electron chi connectivity index (χ4n) is 4.93. The molecule has 186 valence electrons. The lowest BCUT2D eigenvalue weighted by atomic mass is 10.1. The minimum atomic E-state index is -1.14.